The molecule has 0 aliphatic carbocycles. The molecule has 5 rings (SSSR count). The van der Waals surface area contributed by atoms with E-state index in [0.717, 1.165) is 35.0 Å². The fourth-order valence-electron chi connectivity index (χ4n) is 3.70. The number of aromatic nitrogens is 4. The summed E-state index contributed by atoms with van der Waals surface area (Å²) < 4.78 is 41.2. The number of hydrogen-bond donors (Lipinski definition) is 1. The van der Waals surface area contributed by atoms with Gasteiger partial charge in [0.1, 0.15) is 11.5 Å². The first-order chi connectivity index (χ1) is 15.9. The minimum Gasteiger partial charge on any atom is -0.369 e. The van der Waals surface area contributed by atoms with Gasteiger partial charge in [-0.05, 0) is 48.4 Å². The molecule has 2 heterocycles. The van der Waals surface area contributed by atoms with Crippen LogP contribution >= 0.6 is 11.6 Å². The highest BCUT2D eigenvalue weighted by Gasteiger charge is 2.31. The summed E-state index contributed by atoms with van der Waals surface area (Å²) in [6.45, 7) is 0.606. The summed E-state index contributed by atoms with van der Waals surface area (Å²) >= 11 is 5.95. The van der Waals surface area contributed by atoms with E-state index in [4.69, 9.17) is 16.6 Å². The molecule has 0 bridgehead atoms. The molecule has 166 valence electrons. The molecule has 0 aliphatic rings. The Morgan fingerprint density at radius 2 is 1.73 bits per heavy atom. The molecule has 0 saturated carbocycles. The molecule has 0 radical (unpaired) electrons. The van der Waals surface area contributed by atoms with Gasteiger partial charge in [-0.2, -0.15) is 17.7 Å². The number of alkyl halides is 3. The Hall–Kier alpha value is -3.65. The molecule has 1 N–H and O–H groups in total. The quantitative estimate of drug-likeness (QED) is 0.331. The van der Waals surface area contributed by atoms with Gasteiger partial charge in [0.2, 0.25) is 0 Å². The Morgan fingerprint density at radius 3 is 2.52 bits per heavy atom. The van der Waals surface area contributed by atoms with E-state index in [2.05, 4.69) is 15.6 Å². The molecule has 0 amide bonds. The molecule has 3 aromatic carbocycles. The molecule has 0 fully saturated rings. The maximum Gasteiger partial charge on any atom is 0.416 e. The van der Waals surface area contributed by atoms with Crippen LogP contribution < -0.4 is 5.32 Å². The predicted octanol–water partition coefficient (Wildman–Crippen LogP) is 6.27. The van der Waals surface area contributed by atoms with E-state index in [9.17, 15) is 13.2 Å². The van der Waals surface area contributed by atoms with Gasteiger partial charge in [-0.25, -0.2) is 4.98 Å². The first kappa shape index (κ1) is 21.2. The third-order valence-electron chi connectivity index (χ3n) is 5.33. The van der Waals surface area contributed by atoms with Crippen molar-refractivity contribution in [2.75, 3.05) is 11.9 Å². The SMILES string of the molecule is FC(F)(F)c1cccc(-c2nnn3c2nc(NCCc2ccc(Cl)cc2)c2ccccc23)c1. The summed E-state index contributed by atoms with van der Waals surface area (Å²) in [5, 5.41) is 13.2. The van der Waals surface area contributed by atoms with Crippen LogP contribution in [0.1, 0.15) is 11.1 Å². The lowest BCUT2D eigenvalue weighted by atomic mass is 10.1. The van der Waals surface area contributed by atoms with Gasteiger partial charge in [0.05, 0.1) is 11.1 Å². The molecule has 5 aromatic rings. The van der Waals surface area contributed by atoms with E-state index >= 15 is 0 Å². The van der Waals surface area contributed by atoms with Crippen LogP contribution in [0.25, 0.3) is 27.8 Å². The molecular formula is C24H17ClF3N5. The Balaban J connectivity index is 1.55. The minimum atomic E-state index is -4.45. The number of anilines is 1. The van der Waals surface area contributed by atoms with E-state index in [0.29, 0.717) is 28.6 Å². The molecule has 0 spiro atoms. The maximum absolute atomic E-state index is 13.2. The van der Waals surface area contributed by atoms with E-state index in [1.807, 2.05) is 48.5 Å². The Labute approximate surface area is 191 Å². The Kier molecular flexibility index (Phi) is 5.38. The number of para-hydroxylation sites is 1. The molecule has 0 aliphatic heterocycles. The molecule has 0 saturated heterocycles. The Bertz CT molecular complexity index is 1440. The number of benzene rings is 3. The third-order valence-corrected chi connectivity index (χ3v) is 5.59. The first-order valence-electron chi connectivity index (χ1n) is 10.2. The van der Waals surface area contributed by atoms with Crippen molar-refractivity contribution < 1.29 is 13.2 Å². The standard InChI is InChI=1S/C24H17ClF3N5/c25-18-10-8-15(9-11-18)12-13-29-22-19-6-1-2-7-20(19)33-23(30-22)21(31-32-33)16-4-3-5-17(14-16)24(26,27)28/h1-11,14H,12-13H2,(H,29,30). The molecule has 0 atom stereocenters. The van der Waals surface area contributed by atoms with Gasteiger partial charge in [-0.1, -0.05) is 53.2 Å². The molecule has 9 heteroatoms. The van der Waals surface area contributed by atoms with Crippen LogP contribution in [0.5, 0.6) is 0 Å². The van der Waals surface area contributed by atoms with Gasteiger partial charge in [0.25, 0.3) is 0 Å². The molecule has 5 nitrogen and oxygen atoms in total. The number of fused-ring (bicyclic) bond motifs is 3. The topological polar surface area (TPSA) is 55.1 Å². The van der Waals surface area contributed by atoms with E-state index in [-0.39, 0.29) is 5.69 Å². The summed E-state index contributed by atoms with van der Waals surface area (Å²) in [6.07, 6.45) is -3.70. The van der Waals surface area contributed by atoms with Crippen molar-refractivity contribution in [1.29, 1.82) is 0 Å². The molecule has 33 heavy (non-hydrogen) atoms. The van der Waals surface area contributed by atoms with Crippen molar-refractivity contribution in [3.63, 3.8) is 0 Å². The maximum atomic E-state index is 13.2. The number of nitrogens with zero attached hydrogens (tertiary/aromatic N) is 4. The second-order valence-electron chi connectivity index (χ2n) is 7.53. The van der Waals surface area contributed by atoms with Gasteiger partial charge in [0, 0.05) is 22.5 Å². The van der Waals surface area contributed by atoms with Gasteiger partial charge < -0.3 is 5.32 Å². The van der Waals surface area contributed by atoms with Gasteiger partial charge >= 0.3 is 6.18 Å². The lowest BCUT2D eigenvalue weighted by Gasteiger charge is -2.11. The van der Waals surface area contributed by atoms with Crippen LogP contribution in [0.2, 0.25) is 5.02 Å². The highest BCUT2D eigenvalue weighted by atomic mass is 35.5. The largest absolute Gasteiger partial charge is 0.416 e. The van der Waals surface area contributed by atoms with Crippen LogP contribution in [0, 0.1) is 0 Å². The predicted molar refractivity (Wildman–Crippen MR) is 122 cm³/mol. The van der Waals surface area contributed by atoms with Crippen molar-refractivity contribution in [2.24, 2.45) is 0 Å². The van der Waals surface area contributed by atoms with Crippen LogP contribution in [-0.2, 0) is 12.6 Å². The number of halogens is 4. The normalized spacial score (nSPS) is 11.9. The summed E-state index contributed by atoms with van der Waals surface area (Å²) in [5.41, 5.74) is 2.09. The molecule has 0 unspecified atom stereocenters. The van der Waals surface area contributed by atoms with E-state index in [1.165, 1.54) is 6.07 Å². The van der Waals surface area contributed by atoms with Crippen LogP contribution in [-0.4, -0.2) is 26.4 Å². The zero-order valence-electron chi connectivity index (χ0n) is 17.1. The number of hydrogen-bond acceptors (Lipinski definition) is 4. The average molecular weight is 468 g/mol. The zero-order chi connectivity index (χ0) is 23.0. The zero-order valence-corrected chi connectivity index (χ0v) is 17.9. The summed E-state index contributed by atoms with van der Waals surface area (Å²) in [5.74, 6) is 0.614. The van der Waals surface area contributed by atoms with Gasteiger partial charge in [-0.3, -0.25) is 0 Å². The summed E-state index contributed by atoms with van der Waals surface area (Å²) in [7, 11) is 0. The third kappa shape index (κ3) is 4.21. The fourth-order valence-corrected chi connectivity index (χ4v) is 3.83. The fraction of sp³-hybridized carbons (Fsp3) is 0.125. The number of nitrogens with one attached hydrogen (secondary N) is 1. The van der Waals surface area contributed by atoms with Crippen molar-refractivity contribution in [2.45, 2.75) is 12.6 Å². The highest BCUT2D eigenvalue weighted by molar-refractivity contribution is 6.30. The second kappa shape index (κ2) is 8.37. The van der Waals surface area contributed by atoms with Crippen LogP contribution in [0.3, 0.4) is 0 Å². The molecule has 2 aromatic heterocycles. The Morgan fingerprint density at radius 1 is 0.939 bits per heavy atom. The van der Waals surface area contributed by atoms with Crippen molar-refractivity contribution in [3.05, 3.63) is 88.9 Å². The van der Waals surface area contributed by atoms with E-state index < -0.39 is 11.7 Å². The van der Waals surface area contributed by atoms with Crippen molar-refractivity contribution in [3.8, 4) is 11.3 Å². The average Bonchev–Trinajstić information content (AvgIpc) is 3.24. The lowest BCUT2D eigenvalue weighted by molar-refractivity contribution is -0.137. The minimum absolute atomic E-state index is 0.285. The van der Waals surface area contributed by atoms with Crippen LogP contribution in [0.15, 0.2) is 72.8 Å². The second-order valence-corrected chi connectivity index (χ2v) is 7.97. The van der Waals surface area contributed by atoms with Crippen LogP contribution in [0.4, 0.5) is 19.0 Å². The highest BCUT2D eigenvalue weighted by Crippen LogP contribution is 2.33. The number of rotatable bonds is 5. The molecular weight excluding hydrogens is 451 g/mol. The first-order valence-corrected chi connectivity index (χ1v) is 10.6. The summed E-state index contributed by atoms with van der Waals surface area (Å²) in [6, 6.07) is 20.2. The summed E-state index contributed by atoms with van der Waals surface area (Å²) in [4.78, 5) is 4.70. The van der Waals surface area contributed by atoms with E-state index in [1.54, 1.807) is 10.6 Å². The smallest absolute Gasteiger partial charge is 0.369 e. The monoisotopic (exact) mass is 467 g/mol. The van der Waals surface area contributed by atoms with Crippen molar-refractivity contribution >= 4 is 34.0 Å². The van der Waals surface area contributed by atoms with Gasteiger partial charge in [0.15, 0.2) is 5.65 Å². The van der Waals surface area contributed by atoms with Crippen molar-refractivity contribution in [1.82, 2.24) is 19.8 Å². The van der Waals surface area contributed by atoms with Gasteiger partial charge in [-0.15, -0.1) is 5.10 Å². The lowest BCUT2D eigenvalue weighted by Crippen LogP contribution is -2.08.